The van der Waals surface area contributed by atoms with Crippen LogP contribution in [-0.4, -0.2) is 56.5 Å². The van der Waals surface area contributed by atoms with Gasteiger partial charge in [0.1, 0.15) is 11.6 Å². The molecular formula is C25H25FN4O2. The van der Waals surface area contributed by atoms with Gasteiger partial charge in [-0.05, 0) is 48.7 Å². The third kappa shape index (κ3) is 5.80. The summed E-state index contributed by atoms with van der Waals surface area (Å²) in [6.07, 6.45) is 7.33. The summed E-state index contributed by atoms with van der Waals surface area (Å²) in [6.45, 7) is 3.99. The van der Waals surface area contributed by atoms with Crippen molar-refractivity contribution in [1.82, 2.24) is 10.3 Å². The molecule has 1 aromatic heterocycles. The fourth-order valence-electron chi connectivity index (χ4n) is 3.53. The molecule has 1 saturated heterocycles. The number of carbonyl (C=O) groups is 1. The Balaban J connectivity index is 1.49. The summed E-state index contributed by atoms with van der Waals surface area (Å²) in [5.41, 5.74) is 3.04. The van der Waals surface area contributed by atoms with Gasteiger partial charge in [0.25, 0.3) is 5.91 Å². The Kier molecular flexibility index (Phi) is 7.26. The molecule has 4 rings (SSSR count). The van der Waals surface area contributed by atoms with Crippen molar-refractivity contribution in [2.45, 2.75) is 12.8 Å². The number of nitrogens with zero attached hydrogens (tertiary/aromatic N) is 3. The number of anilines is 1. The second-order valence-electron chi connectivity index (χ2n) is 7.58. The average Bonchev–Trinajstić information content (AvgIpc) is 3.35. The number of aliphatic imine (C=N–C) groups is 1. The van der Waals surface area contributed by atoms with Crippen LogP contribution < -0.4 is 10.2 Å². The summed E-state index contributed by atoms with van der Waals surface area (Å²) in [4.78, 5) is 23.5. The van der Waals surface area contributed by atoms with Crippen molar-refractivity contribution >= 4 is 17.9 Å². The van der Waals surface area contributed by atoms with Gasteiger partial charge >= 0.3 is 0 Å². The topological polar surface area (TPSA) is 66.8 Å². The van der Waals surface area contributed by atoms with E-state index >= 15 is 0 Å². The first-order chi connectivity index (χ1) is 15.7. The zero-order valence-corrected chi connectivity index (χ0v) is 17.8. The smallest absolute Gasteiger partial charge is 0.252 e. The van der Waals surface area contributed by atoms with E-state index in [1.54, 1.807) is 24.4 Å². The lowest BCUT2D eigenvalue weighted by Gasteiger charge is -2.28. The van der Waals surface area contributed by atoms with E-state index < -0.39 is 0 Å². The van der Waals surface area contributed by atoms with Gasteiger partial charge in [-0.1, -0.05) is 17.9 Å². The van der Waals surface area contributed by atoms with E-state index in [1.807, 2.05) is 6.21 Å². The molecule has 1 amide bonds. The Morgan fingerprint density at radius 3 is 2.75 bits per heavy atom. The minimum Gasteiger partial charge on any atom is -0.378 e. The first-order valence-corrected chi connectivity index (χ1v) is 10.8. The van der Waals surface area contributed by atoms with Crippen LogP contribution in [0.1, 0.15) is 34.3 Å². The number of benzene rings is 1. The summed E-state index contributed by atoms with van der Waals surface area (Å²) < 4.78 is 18.6. The molecule has 3 heterocycles. The van der Waals surface area contributed by atoms with Crippen LogP contribution in [0.2, 0.25) is 0 Å². The number of morpholine rings is 1. The van der Waals surface area contributed by atoms with Crippen molar-refractivity contribution in [2.24, 2.45) is 4.99 Å². The summed E-state index contributed by atoms with van der Waals surface area (Å²) in [7, 11) is 0. The molecular weight excluding hydrogens is 407 g/mol. The monoisotopic (exact) mass is 432 g/mol. The quantitative estimate of drug-likeness (QED) is 0.563. The predicted molar refractivity (Wildman–Crippen MR) is 123 cm³/mol. The second-order valence-corrected chi connectivity index (χ2v) is 7.58. The largest absolute Gasteiger partial charge is 0.378 e. The molecule has 1 aromatic carbocycles. The lowest BCUT2D eigenvalue weighted by molar-refractivity contribution is 0.0952. The van der Waals surface area contributed by atoms with E-state index in [0.717, 1.165) is 25.2 Å². The summed E-state index contributed by atoms with van der Waals surface area (Å²) in [6, 6.07) is 7.79. The Morgan fingerprint density at radius 1 is 1.19 bits per heavy atom. The minimum atomic E-state index is -0.304. The molecule has 1 fully saturated rings. The SMILES string of the molecule is O=C(NCCCC1=CCN=C1)c1cnc(N2CCOCC2)c(C#Cc2ccc(F)cc2)c1. The Morgan fingerprint density at radius 2 is 2.00 bits per heavy atom. The third-order valence-electron chi connectivity index (χ3n) is 5.27. The zero-order chi connectivity index (χ0) is 22.2. The molecule has 0 saturated carbocycles. The first kappa shape index (κ1) is 21.7. The fraction of sp³-hybridized carbons (Fsp3) is 0.320. The summed E-state index contributed by atoms with van der Waals surface area (Å²) >= 11 is 0. The van der Waals surface area contributed by atoms with Gasteiger partial charge in [0, 0.05) is 37.6 Å². The first-order valence-electron chi connectivity index (χ1n) is 10.8. The normalized spacial score (nSPS) is 15.2. The number of nitrogens with one attached hydrogen (secondary N) is 1. The van der Waals surface area contributed by atoms with Crippen LogP contribution in [0.25, 0.3) is 0 Å². The Bertz CT molecular complexity index is 1080. The van der Waals surface area contributed by atoms with Gasteiger partial charge in [0.2, 0.25) is 0 Å². The molecule has 0 atom stereocenters. The second kappa shape index (κ2) is 10.7. The van der Waals surface area contributed by atoms with Crippen LogP contribution in [-0.2, 0) is 4.74 Å². The molecule has 0 radical (unpaired) electrons. The molecule has 0 spiro atoms. The van der Waals surface area contributed by atoms with Gasteiger partial charge in [-0.3, -0.25) is 9.79 Å². The molecule has 2 aliphatic rings. The van der Waals surface area contributed by atoms with Crippen LogP contribution in [0.3, 0.4) is 0 Å². The Labute approximate surface area is 187 Å². The summed E-state index contributed by atoms with van der Waals surface area (Å²) in [5, 5.41) is 2.96. The number of carbonyl (C=O) groups excluding carboxylic acids is 1. The highest BCUT2D eigenvalue weighted by molar-refractivity contribution is 5.94. The van der Waals surface area contributed by atoms with E-state index in [-0.39, 0.29) is 11.7 Å². The van der Waals surface area contributed by atoms with Gasteiger partial charge < -0.3 is 15.0 Å². The van der Waals surface area contributed by atoms with Gasteiger partial charge in [-0.2, -0.15) is 0 Å². The zero-order valence-electron chi connectivity index (χ0n) is 17.8. The van der Waals surface area contributed by atoms with Crippen molar-refractivity contribution in [3.63, 3.8) is 0 Å². The maximum absolute atomic E-state index is 13.2. The van der Waals surface area contributed by atoms with E-state index in [1.165, 1.54) is 17.7 Å². The van der Waals surface area contributed by atoms with E-state index in [2.05, 4.69) is 38.1 Å². The number of hydrogen-bond acceptors (Lipinski definition) is 5. The molecule has 2 aromatic rings. The molecule has 6 nitrogen and oxygen atoms in total. The molecule has 7 heteroatoms. The lowest BCUT2D eigenvalue weighted by Crippen LogP contribution is -2.37. The number of rotatable bonds is 6. The highest BCUT2D eigenvalue weighted by Crippen LogP contribution is 2.20. The average molecular weight is 432 g/mol. The van der Waals surface area contributed by atoms with Crippen LogP contribution >= 0.6 is 0 Å². The number of pyridine rings is 1. The van der Waals surface area contributed by atoms with Gasteiger partial charge in [-0.15, -0.1) is 0 Å². The van der Waals surface area contributed by atoms with Crippen LogP contribution in [0.15, 0.2) is 53.2 Å². The molecule has 2 aliphatic heterocycles. The minimum absolute atomic E-state index is 0.176. The predicted octanol–water partition coefficient (Wildman–Crippen LogP) is 2.98. The number of amides is 1. The molecule has 32 heavy (non-hydrogen) atoms. The maximum Gasteiger partial charge on any atom is 0.252 e. The van der Waals surface area contributed by atoms with Gasteiger partial charge in [-0.25, -0.2) is 9.37 Å². The number of ether oxygens (including phenoxy) is 1. The van der Waals surface area contributed by atoms with Crippen molar-refractivity contribution in [3.05, 3.63) is 70.7 Å². The highest BCUT2D eigenvalue weighted by Gasteiger charge is 2.17. The lowest BCUT2D eigenvalue weighted by atomic mass is 10.1. The Hall–Kier alpha value is -3.50. The highest BCUT2D eigenvalue weighted by atomic mass is 19.1. The van der Waals surface area contributed by atoms with E-state index in [9.17, 15) is 9.18 Å². The van der Waals surface area contributed by atoms with Crippen LogP contribution in [0, 0.1) is 17.7 Å². The van der Waals surface area contributed by atoms with Gasteiger partial charge in [0.05, 0.1) is 30.9 Å². The van der Waals surface area contributed by atoms with E-state index in [4.69, 9.17) is 4.74 Å². The molecule has 0 bridgehead atoms. The van der Waals surface area contributed by atoms with Crippen LogP contribution in [0.4, 0.5) is 10.2 Å². The summed E-state index contributed by atoms with van der Waals surface area (Å²) in [5.74, 6) is 6.43. The van der Waals surface area contributed by atoms with Crippen molar-refractivity contribution in [2.75, 3.05) is 44.3 Å². The number of allylic oxidation sites excluding steroid dienone is 1. The van der Waals surface area contributed by atoms with Crippen molar-refractivity contribution in [1.29, 1.82) is 0 Å². The molecule has 1 N–H and O–H groups in total. The fourth-order valence-corrected chi connectivity index (χ4v) is 3.53. The van der Waals surface area contributed by atoms with Gasteiger partial charge in [0.15, 0.2) is 0 Å². The van der Waals surface area contributed by atoms with Crippen molar-refractivity contribution in [3.8, 4) is 11.8 Å². The number of hydrogen-bond donors (Lipinski definition) is 1. The number of aromatic nitrogens is 1. The molecule has 0 unspecified atom stereocenters. The van der Waals surface area contributed by atoms with Crippen LogP contribution in [0.5, 0.6) is 0 Å². The number of halogens is 1. The third-order valence-corrected chi connectivity index (χ3v) is 5.27. The van der Waals surface area contributed by atoms with E-state index in [0.29, 0.717) is 49.5 Å². The molecule has 0 aliphatic carbocycles. The standard InChI is InChI=1S/C25H25FN4O2/c26-23-7-4-19(5-8-23)3-6-21-16-22(18-29-24(21)30-12-14-32-15-13-30)25(31)28-10-1-2-20-9-11-27-17-20/h4-5,7-9,16-18H,1-2,10-15H2,(H,28,31). The van der Waals surface area contributed by atoms with Crippen molar-refractivity contribution < 1.29 is 13.9 Å². The molecule has 164 valence electrons. The maximum atomic E-state index is 13.2.